The van der Waals surface area contributed by atoms with Crippen LogP contribution in [0.3, 0.4) is 0 Å². The van der Waals surface area contributed by atoms with Gasteiger partial charge in [0.25, 0.3) is 5.91 Å². The largest absolute Gasteiger partial charge is 0.312 e. The molecule has 3 aromatic rings. The highest BCUT2D eigenvalue weighted by molar-refractivity contribution is 9.10. The lowest BCUT2D eigenvalue weighted by Crippen LogP contribution is -2.17. The molecule has 3 rings (SSSR count). The fourth-order valence-electron chi connectivity index (χ4n) is 2.11. The highest BCUT2D eigenvalue weighted by atomic mass is 79.9. The number of thioether (sulfide) groups is 1. The Morgan fingerprint density at radius 2 is 2.04 bits per heavy atom. The number of aryl methyl sites for hydroxylation is 1. The molecule has 0 aliphatic rings. The van der Waals surface area contributed by atoms with Crippen LogP contribution < -0.4 is 5.43 Å². The molecule has 132 valence electrons. The summed E-state index contributed by atoms with van der Waals surface area (Å²) in [5, 5.41) is 12.7. The number of halogens is 1. The summed E-state index contributed by atoms with van der Waals surface area (Å²) in [4.78, 5) is 12.2. The molecule has 1 aromatic heterocycles. The minimum absolute atomic E-state index is 0.249. The third-order valence-corrected chi connectivity index (χ3v) is 5.36. The third-order valence-electron chi connectivity index (χ3n) is 3.53. The van der Waals surface area contributed by atoms with Gasteiger partial charge in [0.2, 0.25) is 0 Å². The van der Waals surface area contributed by atoms with E-state index in [2.05, 4.69) is 36.7 Å². The Labute approximate surface area is 163 Å². The average molecular weight is 430 g/mol. The van der Waals surface area contributed by atoms with E-state index >= 15 is 0 Å². The first kappa shape index (κ1) is 18.3. The van der Waals surface area contributed by atoms with Gasteiger partial charge >= 0.3 is 0 Å². The number of nitrogens with one attached hydrogen (secondary N) is 1. The van der Waals surface area contributed by atoms with Crippen LogP contribution in [0.4, 0.5) is 0 Å². The SMILES string of the molecule is Cn1cnnc1SCc1ccc(C(=O)N/N=C/c2ccccc2Br)cc1. The average Bonchev–Trinajstić information content (AvgIpc) is 3.07. The fraction of sp³-hybridized carbons (Fsp3) is 0.111. The topological polar surface area (TPSA) is 72.2 Å². The van der Waals surface area contributed by atoms with Crippen LogP contribution in [0.5, 0.6) is 0 Å². The zero-order valence-corrected chi connectivity index (χ0v) is 16.4. The van der Waals surface area contributed by atoms with Gasteiger partial charge in [-0.3, -0.25) is 4.79 Å². The minimum atomic E-state index is -0.249. The van der Waals surface area contributed by atoms with E-state index in [1.165, 1.54) is 0 Å². The number of carbonyl (C=O) groups is 1. The van der Waals surface area contributed by atoms with Gasteiger partial charge in [-0.25, -0.2) is 5.43 Å². The minimum Gasteiger partial charge on any atom is -0.312 e. The first-order valence-corrected chi connectivity index (χ1v) is 9.55. The zero-order valence-electron chi connectivity index (χ0n) is 14.0. The standard InChI is InChI=1S/C18H16BrN5OS/c1-24-12-21-23-18(24)26-11-13-6-8-14(9-7-13)17(25)22-20-10-15-4-2-3-5-16(15)19/h2-10,12H,11H2,1H3,(H,22,25)/b20-10+. The number of rotatable bonds is 6. The van der Waals surface area contributed by atoms with Crippen LogP contribution in [0.25, 0.3) is 0 Å². The summed E-state index contributed by atoms with van der Waals surface area (Å²) in [5.74, 6) is 0.509. The van der Waals surface area contributed by atoms with E-state index in [0.29, 0.717) is 5.56 Å². The lowest BCUT2D eigenvalue weighted by molar-refractivity contribution is 0.0955. The highest BCUT2D eigenvalue weighted by Crippen LogP contribution is 2.20. The van der Waals surface area contributed by atoms with Crippen LogP contribution in [0.2, 0.25) is 0 Å². The zero-order chi connectivity index (χ0) is 18.4. The van der Waals surface area contributed by atoms with Gasteiger partial charge in [-0.2, -0.15) is 5.10 Å². The maximum absolute atomic E-state index is 12.2. The Morgan fingerprint density at radius 3 is 2.73 bits per heavy atom. The van der Waals surface area contributed by atoms with E-state index in [9.17, 15) is 4.79 Å². The number of carbonyl (C=O) groups excluding carboxylic acids is 1. The van der Waals surface area contributed by atoms with Crippen LogP contribution in [-0.4, -0.2) is 26.9 Å². The number of hydrogen-bond acceptors (Lipinski definition) is 5. The molecule has 0 aliphatic carbocycles. The van der Waals surface area contributed by atoms with Gasteiger partial charge in [-0.05, 0) is 23.8 Å². The Kier molecular flexibility index (Phi) is 6.19. The van der Waals surface area contributed by atoms with Gasteiger partial charge < -0.3 is 4.57 Å². The number of nitrogens with zero attached hydrogens (tertiary/aromatic N) is 4. The Bertz CT molecular complexity index is 923. The number of benzene rings is 2. The van der Waals surface area contributed by atoms with Crippen LogP contribution >= 0.6 is 27.7 Å². The Balaban J connectivity index is 1.55. The molecule has 26 heavy (non-hydrogen) atoms. The third kappa shape index (κ3) is 4.80. The van der Waals surface area contributed by atoms with Crippen LogP contribution in [-0.2, 0) is 12.8 Å². The molecule has 8 heteroatoms. The summed E-state index contributed by atoms with van der Waals surface area (Å²) >= 11 is 5.03. The molecule has 0 unspecified atom stereocenters. The molecular weight excluding hydrogens is 414 g/mol. The summed E-state index contributed by atoms with van der Waals surface area (Å²) in [6.07, 6.45) is 3.28. The van der Waals surface area contributed by atoms with Crippen molar-refractivity contribution in [1.82, 2.24) is 20.2 Å². The lowest BCUT2D eigenvalue weighted by atomic mass is 10.1. The van der Waals surface area contributed by atoms with Gasteiger partial charge in [-0.1, -0.05) is 58.0 Å². The van der Waals surface area contributed by atoms with Gasteiger partial charge in [0, 0.05) is 28.4 Å². The predicted octanol–water partition coefficient (Wildman–Crippen LogP) is 3.63. The van der Waals surface area contributed by atoms with Crippen molar-refractivity contribution in [3.05, 3.63) is 76.0 Å². The van der Waals surface area contributed by atoms with Crippen molar-refractivity contribution < 1.29 is 4.79 Å². The molecular formula is C18H16BrN5OS. The number of hydrogen-bond donors (Lipinski definition) is 1. The van der Waals surface area contributed by atoms with E-state index in [1.54, 1.807) is 36.4 Å². The molecule has 0 saturated carbocycles. The normalized spacial score (nSPS) is 11.0. The summed E-state index contributed by atoms with van der Waals surface area (Å²) in [6.45, 7) is 0. The highest BCUT2D eigenvalue weighted by Gasteiger charge is 2.06. The second-order valence-electron chi connectivity index (χ2n) is 5.43. The second kappa shape index (κ2) is 8.77. The first-order chi connectivity index (χ1) is 12.6. The lowest BCUT2D eigenvalue weighted by Gasteiger charge is -2.04. The summed E-state index contributed by atoms with van der Waals surface area (Å²) in [5.41, 5.74) is 5.09. The molecule has 0 fully saturated rings. The van der Waals surface area contributed by atoms with Crippen molar-refractivity contribution in [2.45, 2.75) is 10.9 Å². The molecule has 1 amide bonds. The molecule has 0 saturated heterocycles. The van der Waals surface area contributed by atoms with Gasteiger partial charge in [0.1, 0.15) is 6.33 Å². The molecule has 0 atom stereocenters. The molecule has 6 nitrogen and oxygen atoms in total. The van der Waals surface area contributed by atoms with Crippen molar-refractivity contribution in [2.75, 3.05) is 0 Å². The molecule has 1 heterocycles. The fourth-order valence-corrected chi connectivity index (χ4v) is 3.34. The number of hydrazone groups is 1. The summed E-state index contributed by atoms with van der Waals surface area (Å²) < 4.78 is 2.79. The van der Waals surface area contributed by atoms with Crippen molar-refractivity contribution >= 4 is 39.8 Å². The molecule has 0 aliphatic heterocycles. The quantitative estimate of drug-likeness (QED) is 0.368. The number of amides is 1. The second-order valence-corrected chi connectivity index (χ2v) is 7.23. The van der Waals surface area contributed by atoms with E-state index < -0.39 is 0 Å². The van der Waals surface area contributed by atoms with Gasteiger partial charge in [-0.15, -0.1) is 10.2 Å². The van der Waals surface area contributed by atoms with Crippen molar-refractivity contribution in [3.8, 4) is 0 Å². The maximum atomic E-state index is 12.2. The molecule has 0 radical (unpaired) electrons. The van der Waals surface area contributed by atoms with Crippen LogP contribution in [0.15, 0.2) is 69.6 Å². The van der Waals surface area contributed by atoms with Crippen LogP contribution in [0, 0.1) is 0 Å². The van der Waals surface area contributed by atoms with Crippen molar-refractivity contribution in [1.29, 1.82) is 0 Å². The molecule has 0 bridgehead atoms. The van der Waals surface area contributed by atoms with Crippen molar-refractivity contribution in [3.63, 3.8) is 0 Å². The van der Waals surface area contributed by atoms with Crippen molar-refractivity contribution in [2.24, 2.45) is 12.1 Å². The molecule has 0 spiro atoms. The first-order valence-electron chi connectivity index (χ1n) is 7.77. The maximum Gasteiger partial charge on any atom is 0.271 e. The summed E-state index contributed by atoms with van der Waals surface area (Å²) in [7, 11) is 1.91. The number of aromatic nitrogens is 3. The van der Waals surface area contributed by atoms with E-state index in [4.69, 9.17) is 0 Å². The molecule has 1 N–H and O–H groups in total. The Morgan fingerprint density at radius 1 is 1.27 bits per heavy atom. The summed E-state index contributed by atoms with van der Waals surface area (Å²) in [6, 6.07) is 15.1. The Hall–Kier alpha value is -2.45. The smallest absolute Gasteiger partial charge is 0.271 e. The van der Waals surface area contributed by atoms with E-state index in [0.717, 1.165) is 26.5 Å². The van der Waals surface area contributed by atoms with E-state index in [1.807, 2.05) is 48.0 Å². The van der Waals surface area contributed by atoms with Crippen LogP contribution in [0.1, 0.15) is 21.5 Å². The van der Waals surface area contributed by atoms with Gasteiger partial charge in [0.15, 0.2) is 5.16 Å². The predicted molar refractivity (Wildman–Crippen MR) is 106 cm³/mol. The monoisotopic (exact) mass is 429 g/mol. The molecule has 2 aromatic carbocycles. The van der Waals surface area contributed by atoms with Gasteiger partial charge in [0.05, 0.1) is 6.21 Å². The van der Waals surface area contributed by atoms with E-state index in [-0.39, 0.29) is 5.91 Å².